The number of nitrogens with zero attached hydrogens (tertiary/aromatic N) is 1. The number of halogens is 2. The van der Waals surface area contributed by atoms with Gasteiger partial charge in [0.15, 0.2) is 0 Å². The summed E-state index contributed by atoms with van der Waals surface area (Å²) in [6.07, 6.45) is 0. The molecule has 1 aromatic heterocycles. The zero-order valence-electron chi connectivity index (χ0n) is 11.9. The maximum absolute atomic E-state index is 13.0. The molecular formula is C14H16BrClN2O2S2. The molecule has 0 unspecified atom stereocenters. The van der Waals surface area contributed by atoms with E-state index in [0.717, 1.165) is 19.9 Å². The standard InChI is InChI=1S/C14H15BrN2O2S2.ClH/c1-10-13(8-14(15)20-10)21(18,19)17-7-6-16-9-11-4-2-3-5-12(11)17;/h2-5,8,16H,6-7,9H2,1H3;1H. The van der Waals surface area contributed by atoms with Crippen molar-refractivity contribution >= 4 is 55.4 Å². The van der Waals surface area contributed by atoms with Gasteiger partial charge in [-0.25, -0.2) is 8.42 Å². The molecule has 3 rings (SSSR count). The number of hydrogen-bond acceptors (Lipinski definition) is 4. The summed E-state index contributed by atoms with van der Waals surface area (Å²) in [6, 6.07) is 9.34. The minimum absolute atomic E-state index is 0. The van der Waals surface area contributed by atoms with Gasteiger partial charge in [-0.05, 0) is 40.5 Å². The van der Waals surface area contributed by atoms with Gasteiger partial charge in [-0.3, -0.25) is 4.31 Å². The van der Waals surface area contributed by atoms with E-state index in [2.05, 4.69) is 21.2 Å². The normalized spacial score (nSPS) is 14.9. The molecule has 0 radical (unpaired) electrons. The van der Waals surface area contributed by atoms with Crippen LogP contribution in [0.3, 0.4) is 0 Å². The van der Waals surface area contributed by atoms with E-state index in [9.17, 15) is 8.42 Å². The lowest BCUT2D eigenvalue weighted by atomic mass is 10.2. The highest BCUT2D eigenvalue weighted by Gasteiger charge is 2.30. The molecule has 0 spiro atoms. The molecule has 0 aliphatic carbocycles. The second kappa shape index (κ2) is 6.88. The van der Waals surface area contributed by atoms with E-state index >= 15 is 0 Å². The molecule has 0 bridgehead atoms. The molecule has 2 heterocycles. The first kappa shape index (κ1) is 17.7. The molecule has 1 aliphatic rings. The van der Waals surface area contributed by atoms with Gasteiger partial charge in [0.05, 0.1) is 9.47 Å². The van der Waals surface area contributed by atoms with Crippen LogP contribution in [0, 0.1) is 6.92 Å². The molecular weight excluding hydrogens is 408 g/mol. The van der Waals surface area contributed by atoms with E-state index in [-0.39, 0.29) is 12.4 Å². The van der Waals surface area contributed by atoms with Gasteiger partial charge in [0.2, 0.25) is 0 Å². The molecule has 0 saturated heterocycles. The Kier molecular flexibility index (Phi) is 5.55. The van der Waals surface area contributed by atoms with Crippen molar-refractivity contribution in [2.45, 2.75) is 18.4 Å². The second-order valence-corrected chi connectivity index (χ2v) is 9.32. The van der Waals surface area contributed by atoms with Crippen LogP contribution < -0.4 is 9.62 Å². The molecule has 120 valence electrons. The summed E-state index contributed by atoms with van der Waals surface area (Å²) in [6.45, 7) is 3.60. The van der Waals surface area contributed by atoms with Crippen LogP contribution >= 0.6 is 39.7 Å². The van der Waals surface area contributed by atoms with Crippen LogP contribution in [0.5, 0.6) is 0 Å². The summed E-state index contributed by atoms with van der Waals surface area (Å²) in [5.41, 5.74) is 1.77. The molecule has 0 atom stereocenters. The Balaban J connectivity index is 0.00000176. The lowest BCUT2D eigenvalue weighted by Gasteiger charge is -2.24. The van der Waals surface area contributed by atoms with E-state index < -0.39 is 10.0 Å². The number of rotatable bonds is 2. The van der Waals surface area contributed by atoms with Gasteiger partial charge >= 0.3 is 0 Å². The van der Waals surface area contributed by atoms with Crippen molar-refractivity contribution in [1.82, 2.24) is 5.32 Å². The highest BCUT2D eigenvalue weighted by Crippen LogP contribution is 2.34. The van der Waals surface area contributed by atoms with Crippen molar-refractivity contribution in [2.75, 3.05) is 17.4 Å². The maximum Gasteiger partial charge on any atom is 0.265 e. The minimum atomic E-state index is -3.53. The van der Waals surface area contributed by atoms with Crippen molar-refractivity contribution in [3.63, 3.8) is 0 Å². The number of anilines is 1. The van der Waals surface area contributed by atoms with Crippen LogP contribution in [-0.2, 0) is 16.6 Å². The summed E-state index contributed by atoms with van der Waals surface area (Å²) in [5.74, 6) is 0. The van der Waals surface area contributed by atoms with Crippen LogP contribution in [0.2, 0.25) is 0 Å². The first-order chi connectivity index (χ1) is 10.00. The molecule has 2 aromatic rings. The van der Waals surface area contributed by atoms with Crippen molar-refractivity contribution in [3.8, 4) is 0 Å². The lowest BCUT2D eigenvalue weighted by Crippen LogP contribution is -2.34. The van der Waals surface area contributed by atoms with Crippen LogP contribution in [0.25, 0.3) is 0 Å². The fraction of sp³-hybridized carbons (Fsp3) is 0.286. The average Bonchev–Trinajstić information content (AvgIpc) is 2.68. The Morgan fingerprint density at radius 3 is 2.73 bits per heavy atom. The van der Waals surface area contributed by atoms with E-state index in [1.54, 1.807) is 6.07 Å². The number of hydrogen-bond donors (Lipinski definition) is 1. The number of nitrogens with one attached hydrogen (secondary N) is 1. The number of benzene rings is 1. The fourth-order valence-corrected chi connectivity index (χ4v) is 6.37. The van der Waals surface area contributed by atoms with Crippen molar-refractivity contribution in [3.05, 3.63) is 44.6 Å². The number of thiophene rings is 1. The average molecular weight is 424 g/mol. The van der Waals surface area contributed by atoms with Gasteiger partial charge in [0.25, 0.3) is 10.0 Å². The van der Waals surface area contributed by atoms with Gasteiger partial charge < -0.3 is 5.32 Å². The molecule has 22 heavy (non-hydrogen) atoms. The highest BCUT2D eigenvalue weighted by molar-refractivity contribution is 9.11. The third-order valence-corrected chi connectivity index (χ3v) is 7.10. The van der Waals surface area contributed by atoms with E-state index in [4.69, 9.17) is 0 Å². The SMILES string of the molecule is Cc1sc(Br)cc1S(=O)(=O)N1CCNCc2ccccc21.Cl. The third kappa shape index (κ3) is 3.19. The first-order valence-corrected chi connectivity index (χ1v) is 9.62. The maximum atomic E-state index is 13.0. The second-order valence-electron chi connectivity index (χ2n) is 4.85. The Morgan fingerprint density at radius 1 is 1.32 bits per heavy atom. The number of aryl methyl sites for hydroxylation is 1. The van der Waals surface area contributed by atoms with Gasteiger partial charge in [-0.1, -0.05) is 18.2 Å². The Morgan fingerprint density at radius 2 is 2.05 bits per heavy atom. The predicted molar refractivity (Wildman–Crippen MR) is 96.7 cm³/mol. The molecule has 0 fully saturated rings. The Labute approximate surface area is 149 Å². The third-order valence-electron chi connectivity index (χ3n) is 3.48. The van der Waals surface area contributed by atoms with Gasteiger partial charge in [0.1, 0.15) is 4.90 Å². The lowest BCUT2D eigenvalue weighted by molar-refractivity contribution is 0.589. The minimum Gasteiger partial charge on any atom is -0.311 e. The number of sulfonamides is 1. The Bertz CT molecular complexity index is 777. The summed E-state index contributed by atoms with van der Waals surface area (Å²) in [5, 5.41) is 3.26. The topological polar surface area (TPSA) is 49.4 Å². The molecule has 4 nitrogen and oxygen atoms in total. The monoisotopic (exact) mass is 422 g/mol. The smallest absolute Gasteiger partial charge is 0.265 e. The van der Waals surface area contributed by atoms with Crippen LogP contribution in [-0.4, -0.2) is 21.5 Å². The summed E-state index contributed by atoms with van der Waals surface area (Å²) in [7, 11) is -3.53. The molecule has 0 amide bonds. The largest absolute Gasteiger partial charge is 0.311 e. The summed E-state index contributed by atoms with van der Waals surface area (Å²) in [4.78, 5) is 1.19. The highest BCUT2D eigenvalue weighted by atomic mass is 79.9. The zero-order chi connectivity index (χ0) is 15.0. The first-order valence-electron chi connectivity index (χ1n) is 6.57. The predicted octanol–water partition coefficient (Wildman–Crippen LogP) is 3.54. The fourth-order valence-electron chi connectivity index (χ4n) is 2.48. The van der Waals surface area contributed by atoms with Crippen LogP contribution in [0.15, 0.2) is 39.0 Å². The molecule has 8 heteroatoms. The van der Waals surface area contributed by atoms with E-state index in [1.165, 1.54) is 15.6 Å². The van der Waals surface area contributed by atoms with E-state index in [1.807, 2.05) is 31.2 Å². The molecule has 1 aliphatic heterocycles. The van der Waals surface area contributed by atoms with Crippen molar-refractivity contribution < 1.29 is 8.42 Å². The van der Waals surface area contributed by atoms with Gasteiger partial charge in [-0.15, -0.1) is 23.7 Å². The van der Waals surface area contributed by atoms with E-state index in [0.29, 0.717) is 24.5 Å². The molecule has 1 N–H and O–H groups in total. The summed E-state index contributed by atoms with van der Waals surface area (Å²) < 4.78 is 28.4. The quantitative estimate of drug-likeness (QED) is 0.804. The van der Waals surface area contributed by atoms with Gasteiger partial charge in [-0.2, -0.15) is 0 Å². The Hall–Kier alpha value is -0.600. The van der Waals surface area contributed by atoms with Crippen LogP contribution in [0.1, 0.15) is 10.4 Å². The van der Waals surface area contributed by atoms with Gasteiger partial charge in [0, 0.05) is 24.5 Å². The van der Waals surface area contributed by atoms with Crippen molar-refractivity contribution in [2.24, 2.45) is 0 Å². The zero-order valence-corrected chi connectivity index (χ0v) is 15.9. The molecule has 1 aromatic carbocycles. The number of fused-ring (bicyclic) bond motifs is 1. The van der Waals surface area contributed by atoms with Crippen LogP contribution in [0.4, 0.5) is 5.69 Å². The summed E-state index contributed by atoms with van der Waals surface area (Å²) >= 11 is 4.81. The number of para-hydroxylation sites is 1. The van der Waals surface area contributed by atoms with Crippen molar-refractivity contribution in [1.29, 1.82) is 0 Å². The molecule has 0 saturated carbocycles.